The van der Waals surface area contributed by atoms with Gasteiger partial charge in [0.05, 0.1) is 12.3 Å². The van der Waals surface area contributed by atoms with Gasteiger partial charge in [-0.2, -0.15) is 10.1 Å². The Morgan fingerprint density at radius 2 is 1.90 bits per heavy atom. The van der Waals surface area contributed by atoms with Crippen LogP contribution in [0.4, 0.5) is 5.95 Å². The summed E-state index contributed by atoms with van der Waals surface area (Å²) in [5.74, 6) is 0.610. The summed E-state index contributed by atoms with van der Waals surface area (Å²) in [6, 6.07) is 0. The lowest BCUT2D eigenvalue weighted by molar-refractivity contribution is 0.634. The molecule has 0 fully saturated rings. The first kappa shape index (κ1) is 13.6. The number of anilines is 1. The van der Waals surface area contributed by atoms with E-state index in [0.717, 1.165) is 5.71 Å². The molecule has 0 unspecified atom stereocenters. The minimum absolute atomic E-state index is 0.292. The summed E-state index contributed by atoms with van der Waals surface area (Å²) in [6.07, 6.45) is 0. The van der Waals surface area contributed by atoms with E-state index in [2.05, 4.69) is 10.1 Å². The van der Waals surface area contributed by atoms with E-state index in [4.69, 9.17) is 0 Å². The summed E-state index contributed by atoms with van der Waals surface area (Å²) in [6.45, 7) is 7.17. The summed E-state index contributed by atoms with van der Waals surface area (Å²) in [5.41, 5.74) is 1.14. The van der Waals surface area contributed by atoms with E-state index in [0.29, 0.717) is 36.7 Å². The van der Waals surface area contributed by atoms with Crippen molar-refractivity contribution in [2.45, 2.75) is 33.9 Å². The van der Waals surface area contributed by atoms with Gasteiger partial charge in [-0.15, -0.1) is 0 Å². The van der Waals surface area contributed by atoms with Gasteiger partial charge in [0.15, 0.2) is 11.2 Å². The van der Waals surface area contributed by atoms with Crippen molar-refractivity contribution in [3.05, 3.63) is 20.8 Å². The molecule has 0 aromatic carbocycles. The lowest BCUT2D eigenvalue weighted by Gasteiger charge is -2.23. The second-order valence-electron chi connectivity index (χ2n) is 5.11. The van der Waals surface area contributed by atoms with E-state index in [1.165, 1.54) is 9.13 Å². The molecule has 0 saturated carbocycles. The molecule has 21 heavy (non-hydrogen) atoms. The maximum atomic E-state index is 12.6. The van der Waals surface area contributed by atoms with E-state index in [-0.39, 0.29) is 11.2 Å². The van der Waals surface area contributed by atoms with Crippen molar-refractivity contribution in [2.75, 3.05) is 11.6 Å². The molecular weight excluding hydrogens is 272 g/mol. The SMILES string of the molecule is CCN1N=C(C)Cn2c1nc1c2c(=O)n(CC)c(=O)n1C. The Balaban J connectivity index is 2.46. The van der Waals surface area contributed by atoms with Crippen LogP contribution in [-0.2, 0) is 20.1 Å². The number of hydrazone groups is 1. The summed E-state index contributed by atoms with van der Waals surface area (Å²) in [5, 5.41) is 6.18. The third kappa shape index (κ3) is 1.75. The molecule has 0 aliphatic carbocycles. The Morgan fingerprint density at radius 3 is 2.52 bits per heavy atom. The Kier molecular flexibility index (Phi) is 2.96. The van der Waals surface area contributed by atoms with E-state index >= 15 is 0 Å². The van der Waals surface area contributed by atoms with Crippen LogP contribution in [0.5, 0.6) is 0 Å². The second-order valence-corrected chi connectivity index (χ2v) is 5.11. The van der Waals surface area contributed by atoms with Crippen molar-refractivity contribution in [2.24, 2.45) is 12.1 Å². The normalized spacial score (nSPS) is 14.5. The first-order valence-electron chi connectivity index (χ1n) is 7.01. The molecule has 2 aromatic heterocycles. The molecule has 0 amide bonds. The first-order valence-corrected chi connectivity index (χ1v) is 7.01. The number of imidazole rings is 1. The van der Waals surface area contributed by atoms with Gasteiger partial charge < -0.3 is 0 Å². The average Bonchev–Trinajstić information content (AvgIpc) is 2.84. The van der Waals surface area contributed by atoms with Crippen molar-refractivity contribution in [1.82, 2.24) is 18.7 Å². The molecule has 0 bridgehead atoms. The van der Waals surface area contributed by atoms with Gasteiger partial charge in [-0.3, -0.25) is 18.5 Å². The van der Waals surface area contributed by atoms with Crippen LogP contribution in [0.2, 0.25) is 0 Å². The van der Waals surface area contributed by atoms with Gasteiger partial charge in [0, 0.05) is 20.1 Å². The lowest BCUT2D eigenvalue weighted by atomic mass is 10.4. The number of rotatable bonds is 2. The molecule has 0 saturated heterocycles. The predicted molar refractivity (Wildman–Crippen MR) is 81.0 cm³/mol. The summed E-state index contributed by atoms with van der Waals surface area (Å²) in [7, 11) is 1.64. The average molecular weight is 290 g/mol. The van der Waals surface area contributed by atoms with Gasteiger partial charge in [-0.05, 0) is 20.8 Å². The molecule has 0 atom stereocenters. The standard InChI is InChI=1S/C13H18N6O2/c1-5-17-11(20)9-10(16(4)13(17)21)14-12-18(9)7-8(3)15-19(12)6-2/h5-7H2,1-4H3. The Labute approximate surface area is 120 Å². The molecule has 3 rings (SSSR count). The molecule has 8 heteroatoms. The molecule has 3 heterocycles. The minimum Gasteiger partial charge on any atom is -0.297 e. The highest BCUT2D eigenvalue weighted by Gasteiger charge is 2.25. The number of hydrogen-bond donors (Lipinski definition) is 0. The van der Waals surface area contributed by atoms with Crippen LogP contribution < -0.4 is 16.3 Å². The number of aromatic nitrogens is 4. The van der Waals surface area contributed by atoms with E-state index in [9.17, 15) is 9.59 Å². The monoisotopic (exact) mass is 290 g/mol. The van der Waals surface area contributed by atoms with Gasteiger partial charge in [0.25, 0.3) is 5.56 Å². The highest BCUT2D eigenvalue weighted by molar-refractivity contribution is 5.87. The molecule has 8 nitrogen and oxygen atoms in total. The molecule has 2 aromatic rings. The van der Waals surface area contributed by atoms with Gasteiger partial charge in [0.2, 0.25) is 5.95 Å². The van der Waals surface area contributed by atoms with Crippen LogP contribution in [-0.4, -0.2) is 30.9 Å². The summed E-state index contributed by atoms with van der Waals surface area (Å²) < 4.78 is 4.50. The third-order valence-electron chi connectivity index (χ3n) is 3.74. The maximum Gasteiger partial charge on any atom is 0.332 e. The number of fused-ring (bicyclic) bond motifs is 3. The highest BCUT2D eigenvalue weighted by atomic mass is 16.2. The third-order valence-corrected chi connectivity index (χ3v) is 3.74. The van der Waals surface area contributed by atoms with Gasteiger partial charge >= 0.3 is 5.69 Å². The Bertz CT molecular complexity index is 869. The molecule has 1 aliphatic rings. The van der Waals surface area contributed by atoms with Crippen LogP contribution in [0.1, 0.15) is 20.8 Å². The quantitative estimate of drug-likeness (QED) is 0.788. The van der Waals surface area contributed by atoms with Crippen molar-refractivity contribution in [3.63, 3.8) is 0 Å². The predicted octanol–water partition coefficient (Wildman–Crippen LogP) is 0.132. The molecule has 112 valence electrons. The summed E-state index contributed by atoms with van der Waals surface area (Å²) in [4.78, 5) is 29.3. The number of aryl methyl sites for hydroxylation is 1. The largest absolute Gasteiger partial charge is 0.332 e. The Hall–Kier alpha value is -2.38. The molecule has 0 radical (unpaired) electrons. The fourth-order valence-electron chi connectivity index (χ4n) is 2.71. The highest BCUT2D eigenvalue weighted by Crippen LogP contribution is 2.23. The maximum absolute atomic E-state index is 12.6. The van der Waals surface area contributed by atoms with Crippen LogP contribution in [0.15, 0.2) is 14.7 Å². The van der Waals surface area contributed by atoms with Crippen LogP contribution in [0, 0.1) is 0 Å². The zero-order valence-electron chi connectivity index (χ0n) is 12.6. The van der Waals surface area contributed by atoms with E-state index in [1.54, 1.807) is 19.0 Å². The Morgan fingerprint density at radius 1 is 1.19 bits per heavy atom. The van der Waals surface area contributed by atoms with Crippen LogP contribution in [0.3, 0.4) is 0 Å². The number of nitrogens with zero attached hydrogens (tertiary/aromatic N) is 6. The molecule has 0 N–H and O–H groups in total. The molecule has 0 spiro atoms. The van der Waals surface area contributed by atoms with E-state index in [1.807, 2.05) is 18.4 Å². The zero-order chi connectivity index (χ0) is 15.3. The first-order chi connectivity index (χ1) is 9.99. The van der Waals surface area contributed by atoms with Crippen molar-refractivity contribution in [1.29, 1.82) is 0 Å². The fourth-order valence-corrected chi connectivity index (χ4v) is 2.71. The zero-order valence-corrected chi connectivity index (χ0v) is 12.6. The lowest BCUT2D eigenvalue weighted by Crippen LogP contribution is -2.39. The molecular formula is C13H18N6O2. The van der Waals surface area contributed by atoms with E-state index < -0.39 is 0 Å². The van der Waals surface area contributed by atoms with Crippen LogP contribution >= 0.6 is 0 Å². The molecule has 1 aliphatic heterocycles. The smallest absolute Gasteiger partial charge is 0.297 e. The van der Waals surface area contributed by atoms with Gasteiger partial charge in [0.1, 0.15) is 0 Å². The second kappa shape index (κ2) is 4.57. The van der Waals surface area contributed by atoms with Gasteiger partial charge in [-0.1, -0.05) is 0 Å². The van der Waals surface area contributed by atoms with Crippen molar-refractivity contribution >= 4 is 22.8 Å². The van der Waals surface area contributed by atoms with Gasteiger partial charge in [-0.25, -0.2) is 9.80 Å². The van der Waals surface area contributed by atoms with Crippen LogP contribution in [0.25, 0.3) is 11.2 Å². The minimum atomic E-state index is -0.342. The number of hydrogen-bond acceptors (Lipinski definition) is 5. The topological polar surface area (TPSA) is 77.4 Å². The van der Waals surface area contributed by atoms with Crippen molar-refractivity contribution in [3.8, 4) is 0 Å². The summed E-state index contributed by atoms with van der Waals surface area (Å²) >= 11 is 0. The fraction of sp³-hybridized carbons (Fsp3) is 0.538. The van der Waals surface area contributed by atoms with Crippen molar-refractivity contribution < 1.29 is 0 Å².